The maximum Gasteiger partial charge on any atom is 0.182 e. The van der Waals surface area contributed by atoms with Crippen LogP contribution in [0, 0.1) is 0 Å². The highest BCUT2D eigenvalue weighted by atomic mass is 28.3. The standard InChI is InChI=1S/C16H28OSi/c1-5-14(3)18(15(4)6-2)17-13-12-16-10-8-7-9-11-16/h7-11,14-15,18H,5-6,12-13H2,1-4H3. The smallest absolute Gasteiger partial charge is 0.182 e. The first kappa shape index (κ1) is 15.5. The Balaban J connectivity index is 2.42. The Bertz CT molecular complexity index is 302. The van der Waals surface area contributed by atoms with Crippen LogP contribution in [0.4, 0.5) is 0 Å². The Labute approximate surface area is 114 Å². The van der Waals surface area contributed by atoms with E-state index in [4.69, 9.17) is 4.43 Å². The molecule has 0 aromatic heterocycles. The lowest BCUT2D eigenvalue weighted by Gasteiger charge is -2.26. The van der Waals surface area contributed by atoms with Crippen LogP contribution < -0.4 is 0 Å². The zero-order valence-corrected chi connectivity index (χ0v) is 13.5. The van der Waals surface area contributed by atoms with E-state index in [0.29, 0.717) is 0 Å². The van der Waals surface area contributed by atoms with Gasteiger partial charge in [-0.2, -0.15) is 0 Å². The summed E-state index contributed by atoms with van der Waals surface area (Å²) in [4.78, 5) is 0. The van der Waals surface area contributed by atoms with Gasteiger partial charge in [-0.05, 0) is 23.1 Å². The molecule has 1 aromatic carbocycles. The van der Waals surface area contributed by atoms with Gasteiger partial charge in [-0.3, -0.25) is 0 Å². The van der Waals surface area contributed by atoms with Crippen LogP contribution in [0.5, 0.6) is 0 Å². The molecule has 1 rings (SSSR count). The summed E-state index contributed by atoms with van der Waals surface area (Å²) in [6.07, 6.45) is 3.57. The van der Waals surface area contributed by atoms with Gasteiger partial charge in [0.25, 0.3) is 0 Å². The molecule has 0 aliphatic carbocycles. The summed E-state index contributed by atoms with van der Waals surface area (Å²) in [7, 11) is -1.06. The number of hydrogen-bond acceptors (Lipinski definition) is 1. The molecule has 102 valence electrons. The highest BCUT2D eigenvalue weighted by Crippen LogP contribution is 2.27. The zero-order chi connectivity index (χ0) is 13.4. The molecule has 18 heavy (non-hydrogen) atoms. The van der Waals surface area contributed by atoms with Crippen molar-refractivity contribution in [1.29, 1.82) is 0 Å². The van der Waals surface area contributed by atoms with Gasteiger partial charge in [0.15, 0.2) is 9.04 Å². The highest BCUT2D eigenvalue weighted by molar-refractivity contribution is 6.55. The fourth-order valence-electron chi connectivity index (χ4n) is 2.31. The van der Waals surface area contributed by atoms with Crippen molar-refractivity contribution in [1.82, 2.24) is 0 Å². The van der Waals surface area contributed by atoms with Gasteiger partial charge in [-0.25, -0.2) is 0 Å². The molecule has 0 spiro atoms. The zero-order valence-electron chi connectivity index (χ0n) is 12.4. The molecule has 0 amide bonds. The van der Waals surface area contributed by atoms with Gasteiger partial charge in [0.05, 0.1) is 0 Å². The van der Waals surface area contributed by atoms with Crippen molar-refractivity contribution in [2.75, 3.05) is 6.61 Å². The lowest BCUT2D eigenvalue weighted by atomic mass is 10.2. The van der Waals surface area contributed by atoms with Crippen molar-refractivity contribution in [3.63, 3.8) is 0 Å². The van der Waals surface area contributed by atoms with E-state index >= 15 is 0 Å². The fourth-order valence-corrected chi connectivity index (χ4v) is 5.41. The number of hydrogen-bond donors (Lipinski definition) is 0. The van der Waals surface area contributed by atoms with E-state index < -0.39 is 9.04 Å². The highest BCUT2D eigenvalue weighted by Gasteiger charge is 2.24. The first-order valence-electron chi connectivity index (χ1n) is 7.34. The summed E-state index contributed by atoms with van der Waals surface area (Å²) in [5.74, 6) is 0. The van der Waals surface area contributed by atoms with Gasteiger partial charge in [0.2, 0.25) is 0 Å². The third kappa shape index (κ3) is 4.95. The summed E-state index contributed by atoms with van der Waals surface area (Å²) < 4.78 is 6.29. The van der Waals surface area contributed by atoms with E-state index in [0.717, 1.165) is 24.1 Å². The molecule has 2 atom stereocenters. The van der Waals surface area contributed by atoms with Crippen molar-refractivity contribution in [3.8, 4) is 0 Å². The van der Waals surface area contributed by atoms with Gasteiger partial charge in [0.1, 0.15) is 0 Å². The average molecular weight is 264 g/mol. The predicted octanol–water partition coefficient (Wildman–Crippen LogP) is 4.57. The lowest BCUT2D eigenvalue weighted by molar-refractivity contribution is 0.307. The summed E-state index contributed by atoms with van der Waals surface area (Å²) >= 11 is 0. The van der Waals surface area contributed by atoms with Gasteiger partial charge < -0.3 is 4.43 Å². The summed E-state index contributed by atoms with van der Waals surface area (Å²) in [6.45, 7) is 10.2. The fraction of sp³-hybridized carbons (Fsp3) is 0.625. The lowest BCUT2D eigenvalue weighted by Crippen LogP contribution is -2.28. The summed E-state index contributed by atoms with van der Waals surface area (Å²) in [5, 5.41) is 0. The van der Waals surface area contributed by atoms with E-state index in [1.165, 1.54) is 18.4 Å². The van der Waals surface area contributed by atoms with Crippen LogP contribution in [0.15, 0.2) is 30.3 Å². The third-order valence-electron chi connectivity index (χ3n) is 3.95. The molecule has 2 heteroatoms. The van der Waals surface area contributed by atoms with Crippen molar-refractivity contribution in [3.05, 3.63) is 35.9 Å². The normalized spacial score (nSPS) is 16.2. The van der Waals surface area contributed by atoms with E-state index in [9.17, 15) is 0 Å². The number of rotatable bonds is 8. The van der Waals surface area contributed by atoms with Crippen LogP contribution in [0.2, 0.25) is 11.1 Å². The van der Waals surface area contributed by atoms with Gasteiger partial charge in [-0.15, -0.1) is 0 Å². The molecule has 0 saturated carbocycles. The molecule has 1 nitrogen and oxygen atoms in total. The molecule has 0 N–H and O–H groups in total. The number of benzene rings is 1. The Kier molecular flexibility index (Phi) is 7.29. The minimum absolute atomic E-state index is 0.788. The van der Waals surface area contributed by atoms with Crippen LogP contribution in [-0.2, 0) is 10.8 Å². The molecular formula is C16H28OSi. The van der Waals surface area contributed by atoms with E-state index in [-0.39, 0.29) is 0 Å². The van der Waals surface area contributed by atoms with Crippen LogP contribution in [0.3, 0.4) is 0 Å². The van der Waals surface area contributed by atoms with Crippen LogP contribution in [-0.4, -0.2) is 15.6 Å². The van der Waals surface area contributed by atoms with E-state index in [1.807, 2.05) is 0 Å². The van der Waals surface area contributed by atoms with E-state index in [2.05, 4.69) is 58.0 Å². The van der Waals surface area contributed by atoms with Gasteiger partial charge in [0, 0.05) is 6.61 Å². The van der Waals surface area contributed by atoms with E-state index in [1.54, 1.807) is 0 Å². The SMILES string of the molecule is CCC(C)[SiH](OCCc1ccccc1)C(C)CC. The van der Waals surface area contributed by atoms with Gasteiger partial charge in [-0.1, -0.05) is 70.9 Å². The Hall–Kier alpha value is -0.603. The van der Waals surface area contributed by atoms with Crippen molar-refractivity contribution < 1.29 is 4.43 Å². The van der Waals surface area contributed by atoms with Crippen LogP contribution in [0.1, 0.15) is 46.1 Å². The maximum absolute atomic E-state index is 6.29. The molecule has 0 heterocycles. The van der Waals surface area contributed by atoms with Crippen molar-refractivity contribution in [2.24, 2.45) is 0 Å². The first-order chi connectivity index (χ1) is 8.69. The topological polar surface area (TPSA) is 9.23 Å². The second-order valence-electron chi connectivity index (χ2n) is 5.34. The Morgan fingerprint density at radius 1 is 1.00 bits per heavy atom. The molecule has 2 unspecified atom stereocenters. The maximum atomic E-state index is 6.29. The third-order valence-corrected chi connectivity index (χ3v) is 7.76. The molecule has 1 aromatic rings. The molecule has 0 fully saturated rings. The molecule has 0 aliphatic rings. The van der Waals surface area contributed by atoms with Gasteiger partial charge >= 0.3 is 0 Å². The molecule has 0 aliphatic heterocycles. The summed E-state index contributed by atoms with van der Waals surface area (Å²) in [6, 6.07) is 10.7. The first-order valence-corrected chi connectivity index (χ1v) is 9.15. The quantitative estimate of drug-likeness (QED) is 0.625. The Morgan fingerprint density at radius 2 is 1.56 bits per heavy atom. The molecule has 0 radical (unpaired) electrons. The van der Waals surface area contributed by atoms with Crippen LogP contribution in [0.25, 0.3) is 0 Å². The van der Waals surface area contributed by atoms with Crippen molar-refractivity contribution in [2.45, 2.75) is 58.0 Å². The predicted molar refractivity (Wildman–Crippen MR) is 82.7 cm³/mol. The molecule has 0 bridgehead atoms. The monoisotopic (exact) mass is 264 g/mol. The minimum atomic E-state index is -1.06. The second kappa shape index (κ2) is 8.49. The van der Waals surface area contributed by atoms with Crippen molar-refractivity contribution >= 4 is 9.04 Å². The largest absolute Gasteiger partial charge is 0.419 e. The second-order valence-corrected chi connectivity index (χ2v) is 8.88. The Morgan fingerprint density at radius 3 is 2.06 bits per heavy atom. The molecule has 0 saturated heterocycles. The van der Waals surface area contributed by atoms with Crippen LogP contribution >= 0.6 is 0 Å². The average Bonchev–Trinajstić information content (AvgIpc) is 2.43. The molecular weight excluding hydrogens is 236 g/mol. The minimum Gasteiger partial charge on any atom is -0.419 e. The summed E-state index contributed by atoms with van der Waals surface area (Å²) in [5.41, 5.74) is 2.96.